The Morgan fingerprint density at radius 3 is 2.80 bits per heavy atom. The summed E-state index contributed by atoms with van der Waals surface area (Å²) in [6.45, 7) is 5.44. The molecule has 2 N–H and O–H groups in total. The van der Waals surface area contributed by atoms with Gasteiger partial charge in [-0.2, -0.15) is 0 Å². The van der Waals surface area contributed by atoms with Gasteiger partial charge in [0.05, 0.1) is 0 Å². The lowest BCUT2D eigenvalue weighted by Gasteiger charge is -2.18. The molecular weight excluding hydrogens is 190 g/mol. The normalized spacial score (nSPS) is 25.5. The van der Waals surface area contributed by atoms with Gasteiger partial charge < -0.3 is 15.2 Å². The lowest BCUT2D eigenvalue weighted by Crippen LogP contribution is -2.30. The van der Waals surface area contributed by atoms with E-state index in [1.54, 1.807) is 0 Å². The van der Waals surface area contributed by atoms with Crippen LogP contribution in [0.3, 0.4) is 0 Å². The van der Waals surface area contributed by atoms with Crippen molar-refractivity contribution >= 4 is 0 Å². The molecule has 0 amide bonds. The highest BCUT2D eigenvalue weighted by molar-refractivity contribution is 5.38. The minimum absolute atomic E-state index is 0.120. The van der Waals surface area contributed by atoms with E-state index in [0.717, 1.165) is 11.3 Å². The Morgan fingerprint density at radius 2 is 2.13 bits per heavy atom. The lowest BCUT2D eigenvalue weighted by molar-refractivity contribution is 0.0733. The average Bonchev–Trinajstić information content (AvgIpc) is 2.60. The van der Waals surface area contributed by atoms with Crippen LogP contribution in [0.5, 0.6) is 5.75 Å². The van der Waals surface area contributed by atoms with E-state index in [9.17, 15) is 5.11 Å². The molecule has 0 radical (unpaired) electrons. The summed E-state index contributed by atoms with van der Waals surface area (Å²) in [5, 5.41) is 12.7. The van der Waals surface area contributed by atoms with Crippen molar-refractivity contribution in [1.29, 1.82) is 0 Å². The monoisotopic (exact) mass is 207 g/mol. The first-order valence-electron chi connectivity index (χ1n) is 5.30. The highest BCUT2D eigenvalue weighted by atomic mass is 16.5. The number of aliphatic hydroxyl groups excluding tert-OH is 1. The molecule has 1 fully saturated rings. The van der Waals surface area contributed by atoms with Crippen LogP contribution in [-0.2, 0) is 0 Å². The van der Waals surface area contributed by atoms with Gasteiger partial charge >= 0.3 is 0 Å². The maximum atomic E-state index is 9.62. The number of benzene rings is 1. The maximum Gasteiger partial charge on any atom is 0.138 e. The Bertz CT molecular complexity index is 351. The van der Waals surface area contributed by atoms with Crippen LogP contribution in [0.15, 0.2) is 18.2 Å². The van der Waals surface area contributed by atoms with Gasteiger partial charge in [-0.05, 0) is 31.0 Å². The van der Waals surface area contributed by atoms with E-state index in [0.29, 0.717) is 13.1 Å². The van der Waals surface area contributed by atoms with Crippen LogP contribution < -0.4 is 10.1 Å². The zero-order valence-corrected chi connectivity index (χ0v) is 9.16. The number of nitrogens with one attached hydrogen (secondary N) is 1. The van der Waals surface area contributed by atoms with Gasteiger partial charge in [-0.3, -0.25) is 0 Å². The standard InChI is InChI=1S/C12H17NO2/c1-8-4-3-5-11(9(8)2)15-12-7-13-6-10(12)14/h3-5,10,12-14H,6-7H2,1-2H3. The van der Waals surface area contributed by atoms with E-state index in [4.69, 9.17) is 4.74 Å². The Kier molecular flexibility index (Phi) is 2.93. The third-order valence-electron chi connectivity index (χ3n) is 2.96. The first kappa shape index (κ1) is 10.5. The fourth-order valence-electron chi connectivity index (χ4n) is 1.78. The highest BCUT2D eigenvalue weighted by Crippen LogP contribution is 2.23. The third kappa shape index (κ3) is 2.13. The summed E-state index contributed by atoms with van der Waals surface area (Å²) in [7, 11) is 0. The van der Waals surface area contributed by atoms with Crippen LogP contribution in [0.2, 0.25) is 0 Å². The van der Waals surface area contributed by atoms with Gasteiger partial charge in [0, 0.05) is 13.1 Å². The van der Waals surface area contributed by atoms with Crippen molar-refractivity contribution in [2.75, 3.05) is 13.1 Å². The molecule has 2 rings (SSSR count). The van der Waals surface area contributed by atoms with Crippen molar-refractivity contribution in [3.8, 4) is 5.75 Å². The molecule has 2 atom stereocenters. The number of ether oxygens (including phenoxy) is 1. The van der Waals surface area contributed by atoms with E-state index in [1.807, 2.05) is 19.1 Å². The zero-order valence-electron chi connectivity index (χ0n) is 9.16. The Balaban J connectivity index is 2.13. The second kappa shape index (κ2) is 4.21. The molecule has 0 bridgehead atoms. The first-order valence-corrected chi connectivity index (χ1v) is 5.30. The Labute approximate surface area is 90.1 Å². The third-order valence-corrected chi connectivity index (χ3v) is 2.96. The second-order valence-corrected chi connectivity index (χ2v) is 4.08. The largest absolute Gasteiger partial charge is 0.486 e. The molecule has 0 saturated carbocycles. The van der Waals surface area contributed by atoms with Gasteiger partial charge in [0.1, 0.15) is 18.0 Å². The fraction of sp³-hybridized carbons (Fsp3) is 0.500. The summed E-state index contributed by atoms with van der Waals surface area (Å²) in [5.41, 5.74) is 2.37. The molecule has 1 saturated heterocycles. The minimum atomic E-state index is -0.398. The van der Waals surface area contributed by atoms with Crippen molar-refractivity contribution in [3.63, 3.8) is 0 Å². The van der Waals surface area contributed by atoms with E-state index in [2.05, 4.69) is 18.3 Å². The zero-order chi connectivity index (χ0) is 10.8. The van der Waals surface area contributed by atoms with Gasteiger partial charge in [-0.1, -0.05) is 12.1 Å². The predicted octanol–water partition coefficient (Wildman–Crippen LogP) is 1.01. The van der Waals surface area contributed by atoms with E-state index in [1.165, 1.54) is 5.56 Å². The molecule has 15 heavy (non-hydrogen) atoms. The Morgan fingerprint density at radius 1 is 1.33 bits per heavy atom. The number of hydrogen-bond acceptors (Lipinski definition) is 3. The molecular formula is C12H17NO2. The van der Waals surface area contributed by atoms with Gasteiger partial charge in [-0.25, -0.2) is 0 Å². The van der Waals surface area contributed by atoms with Crippen LogP contribution in [0.25, 0.3) is 0 Å². The number of hydrogen-bond donors (Lipinski definition) is 2. The summed E-state index contributed by atoms with van der Waals surface area (Å²) in [6.07, 6.45) is -0.518. The predicted molar refractivity (Wildman–Crippen MR) is 59.2 cm³/mol. The fourth-order valence-corrected chi connectivity index (χ4v) is 1.78. The molecule has 0 aromatic heterocycles. The van der Waals surface area contributed by atoms with Gasteiger partial charge in [-0.15, -0.1) is 0 Å². The quantitative estimate of drug-likeness (QED) is 0.760. The Hall–Kier alpha value is -1.06. The smallest absolute Gasteiger partial charge is 0.138 e. The van der Waals surface area contributed by atoms with Gasteiger partial charge in [0.15, 0.2) is 0 Å². The number of β-amino-alcohol motifs (C(OH)–C–C–N with tert-alkyl or cyclic N) is 1. The van der Waals surface area contributed by atoms with Gasteiger partial charge in [0.2, 0.25) is 0 Å². The van der Waals surface area contributed by atoms with Gasteiger partial charge in [0.25, 0.3) is 0 Å². The van der Waals surface area contributed by atoms with Crippen molar-refractivity contribution < 1.29 is 9.84 Å². The molecule has 1 aliphatic rings. The molecule has 3 heteroatoms. The van der Waals surface area contributed by atoms with Crippen molar-refractivity contribution in [2.24, 2.45) is 0 Å². The maximum absolute atomic E-state index is 9.62. The van der Waals surface area contributed by atoms with Crippen molar-refractivity contribution in [2.45, 2.75) is 26.1 Å². The first-order chi connectivity index (χ1) is 7.18. The summed E-state index contributed by atoms with van der Waals surface area (Å²) < 4.78 is 5.79. The molecule has 2 unspecified atom stereocenters. The second-order valence-electron chi connectivity index (χ2n) is 4.08. The van der Waals surface area contributed by atoms with Crippen LogP contribution in [0.1, 0.15) is 11.1 Å². The van der Waals surface area contributed by atoms with Crippen LogP contribution in [0, 0.1) is 13.8 Å². The van der Waals surface area contributed by atoms with Crippen molar-refractivity contribution in [1.82, 2.24) is 5.32 Å². The molecule has 3 nitrogen and oxygen atoms in total. The SMILES string of the molecule is Cc1cccc(OC2CNCC2O)c1C. The molecule has 1 aromatic carbocycles. The summed E-state index contributed by atoms with van der Waals surface area (Å²) >= 11 is 0. The van der Waals surface area contributed by atoms with Crippen LogP contribution in [-0.4, -0.2) is 30.4 Å². The van der Waals surface area contributed by atoms with E-state index >= 15 is 0 Å². The van der Waals surface area contributed by atoms with Crippen LogP contribution in [0.4, 0.5) is 0 Å². The molecule has 82 valence electrons. The average molecular weight is 207 g/mol. The molecule has 0 spiro atoms. The topological polar surface area (TPSA) is 41.5 Å². The number of aliphatic hydroxyl groups is 1. The number of aryl methyl sites for hydroxylation is 1. The minimum Gasteiger partial charge on any atom is -0.486 e. The van der Waals surface area contributed by atoms with Crippen molar-refractivity contribution in [3.05, 3.63) is 29.3 Å². The molecule has 1 heterocycles. The highest BCUT2D eigenvalue weighted by Gasteiger charge is 2.26. The molecule has 1 aliphatic heterocycles. The number of rotatable bonds is 2. The lowest BCUT2D eigenvalue weighted by atomic mass is 10.1. The van der Waals surface area contributed by atoms with Crippen LogP contribution >= 0.6 is 0 Å². The molecule has 1 aromatic rings. The molecule has 0 aliphatic carbocycles. The summed E-state index contributed by atoms with van der Waals surface area (Å²) in [5.74, 6) is 0.878. The van der Waals surface area contributed by atoms with E-state index < -0.39 is 6.10 Å². The summed E-state index contributed by atoms with van der Waals surface area (Å²) in [4.78, 5) is 0. The summed E-state index contributed by atoms with van der Waals surface area (Å²) in [6, 6.07) is 5.99. The van der Waals surface area contributed by atoms with E-state index in [-0.39, 0.29) is 6.10 Å².